The molecule has 35 heavy (non-hydrogen) atoms. The minimum absolute atomic E-state index is 0.123. The first-order valence-electron chi connectivity index (χ1n) is 11.2. The number of sulfonamides is 1. The molecular weight excluding hydrogens is 470 g/mol. The number of ether oxygens (including phenoxy) is 1. The first-order valence-corrected chi connectivity index (χ1v) is 12.6. The van der Waals surface area contributed by atoms with Gasteiger partial charge in [-0.25, -0.2) is 0 Å². The van der Waals surface area contributed by atoms with Crippen LogP contribution in [0.4, 0.5) is 5.69 Å². The molecule has 184 valence electrons. The van der Waals surface area contributed by atoms with Crippen LogP contribution in [0.25, 0.3) is 5.76 Å². The Morgan fingerprint density at radius 2 is 1.94 bits per heavy atom. The van der Waals surface area contributed by atoms with Crippen molar-refractivity contribution in [2.45, 2.75) is 43.9 Å². The van der Waals surface area contributed by atoms with Crippen molar-refractivity contribution in [2.24, 2.45) is 16.0 Å². The van der Waals surface area contributed by atoms with E-state index in [0.29, 0.717) is 23.5 Å². The van der Waals surface area contributed by atoms with Crippen LogP contribution >= 0.6 is 0 Å². The van der Waals surface area contributed by atoms with Gasteiger partial charge in [0.1, 0.15) is 22.0 Å². The molecule has 1 amide bonds. The number of nitrogens with two attached hydrogens (primary N) is 1. The number of fused-ring (bicyclic) bond motifs is 2. The van der Waals surface area contributed by atoms with Gasteiger partial charge in [-0.1, -0.05) is 38.1 Å². The Morgan fingerprint density at radius 1 is 1.23 bits per heavy atom. The van der Waals surface area contributed by atoms with E-state index in [-0.39, 0.29) is 33.5 Å². The van der Waals surface area contributed by atoms with E-state index in [9.17, 15) is 23.1 Å². The number of nitrogens with one attached hydrogen (secondary N) is 1. The second-order valence-electron chi connectivity index (χ2n) is 9.32. The molecule has 0 spiro atoms. The number of nitrogens with zero attached hydrogens (tertiary/aromatic N) is 1. The van der Waals surface area contributed by atoms with E-state index >= 15 is 0 Å². The summed E-state index contributed by atoms with van der Waals surface area (Å²) < 4.78 is 35.2. The monoisotopic (exact) mass is 497 g/mol. The number of amides is 1. The average Bonchev–Trinajstić information content (AvgIpc) is 2.80. The van der Waals surface area contributed by atoms with Crippen molar-refractivity contribution in [3.63, 3.8) is 0 Å². The summed E-state index contributed by atoms with van der Waals surface area (Å²) in [5.74, 6) is -1.20. The fourth-order valence-corrected chi connectivity index (χ4v) is 5.49. The number of rotatable bonds is 7. The number of primary amides is 1. The summed E-state index contributed by atoms with van der Waals surface area (Å²) in [6, 6.07) is 11.2. The highest BCUT2D eigenvalue weighted by molar-refractivity contribution is 7.90. The van der Waals surface area contributed by atoms with Gasteiger partial charge in [-0.15, -0.1) is 4.40 Å². The summed E-state index contributed by atoms with van der Waals surface area (Å²) in [6.07, 6.45) is 1.29. The lowest BCUT2D eigenvalue weighted by Crippen LogP contribution is -2.42. The van der Waals surface area contributed by atoms with Gasteiger partial charge in [0.05, 0.1) is 11.1 Å². The lowest BCUT2D eigenvalue weighted by Gasteiger charge is -2.36. The molecule has 0 saturated heterocycles. The average molecular weight is 498 g/mol. The van der Waals surface area contributed by atoms with Crippen LogP contribution in [0.15, 0.2) is 57.3 Å². The van der Waals surface area contributed by atoms with E-state index in [0.717, 1.165) is 6.42 Å². The molecule has 4 rings (SSSR count). The maximum Gasteiger partial charge on any atom is 0.286 e. The molecule has 10 heteroatoms. The SMILES string of the molecule is CC(C)CC[C@@]1(C)C(=O)C(C2=NS(=O)(=O)c3cc(OCC(N)=O)ccc3N2)=C(O)c2ccccc21. The normalized spacial score (nSPS) is 20.6. The number of carbonyl (C=O) groups is 2. The molecule has 0 saturated carbocycles. The molecule has 0 bridgehead atoms. The molecule has 1 aliphatic heterocycles. The lowest BCUT2D eigenvalue weighted by atomic mass is 9.66. The van der Waals surface area contributed by atoms with Crippen LogP contribution in [0.5, 0.6) is 5.75 Å². The number of hydrogen-bond donors (Lipinski definition) is 3. The van der Waals surface area contributed by atoms with Crippen LogP contribution < -0.4 is 15.8 Å². The Morgan fingerprint density at radius 3 is 2.63 bits per heavy atom. The van der Waals surface area contributed by atoms with Gasteiger partial charge in [-0.3, -0.25) is 9.59 Å². The number of anilines is 1. The Bertz CT molecular complexity index is 1390. The minimum atomic E-state index is -4.26. The zero-order valence-electron chi connectivity index (χ0n) is 19.7. The van der Waals surface area contributed by atoms with Crippen molar-refractivity contribution in [1.29, 1.82) is 0 Å². The van der Waals surface area contributed by atoms with Crippen molar-refractivity contribution in [1.82, 2.24) is 0 Å². The van der Waals surface area contributed by atoms with Gasteiger partial charge in [-0.2, -0.15) is 8.42 Å². The molecule has 1 atom stereocenters. The quantitative estimate of drug-likeness (QED) is 0.531. The fourth-order valence-electron chi connectivity index (χ4n) is 4.35. The van der Waals surface area contributed by atoms with Crippen LogP contribution in [0.2, 0.25) is 0 Å². The zero-order valence-corrected chi connectivity index (χ0v) is 20.5. The van der Waals surface area contributed by atoms with Crippen molar-refractivity contribution in [3.8, 4) is 5.75 Å². The van der Waals surface area contributed by atoms with E-state index in [1.807, 2.05) is 19.1 Å². The first kappa shape index (κ1) is 24.5. The van der Waals surface area contributed by atoms with E-state index in [1.165, 1.54) is 18.2 Å². The highest BCUT2D eigenvalue weighted by Crippen LogP contribution is 2.44. The summed E-state index contributed by atoms with van der Waals surface area (Å²) in [6.45, 7) is 5.53. The standard InChI is InChI=1S/C25H27N3O6S/c1-14(2)10-11-25(3)17-7-5-4-6-16(17)22(30)21(23(25)31)24-27-18-9-8-15(34-13-20(26)29)12-19(18)35(32,33)28-24/h4-9,12,14,30H,10-11,13H2,1-3H3,(H2,26,29)(H,27,28)/t25-/m1/s1. The largest absolute Gasteiger partial charge is 0.506 e. The van der Waals surface area contributed by atoms with E-state index in [2.05, 4.69) is 23.6 Å². The number of benzene rings is 2. The summed E-state index contributed by atoms with van der Waals surface area (Å²) in [4.78, 5) is 24.7. The maximum atomic E-state index is 13.9. The van der Waals surface area contributed by atoms with Gasteiger partial charge < -0.3 is 20.9 Å². The summed E-state index contributed by atoms with van der Waals surface area (Å²) in [5.41, 5.74) is 5.27. The summed E-state index contributed by atoms with van der Waals surface area (Å²) in [7, 11) is -4.26. The zero-order chi connectivity index (χ0) is 25.5. The Kier molecular flexibility index (Phi) is 6.18. The van der Waals surface area contributed by atoms with Crippen LogP contribution in [0.3, 0.4) is 0 Å². The van der Waals surface area contributed by atoms with Gasteiger partial charge in [0, 0.05) is 11.6 Å². The van der Waals surface area contributed by atoms with Crippen LogP contribution in [-0.2, 0) is 25.0 Å². The van der Waals surface area contributed by atoms with Crippen molar-refractivity contribution in [2.75, 3.05) is 11.9 Å². The third kappa shape index (κ3) is 4.41. The predicted octanol–water partition coefficient (Wildman–Crippen LogP) is 3.31. The van der Waals surface area contributed by atoms with E-state index in [4.69, 9.17) is 10.5 Å². The second-order valence-corrected chi connectivity index (χ2v) is 10.9. The summed E-state index contributed by atoms with van der Waals surface area (Å²) in [5, 5.41) is 14.0. The lowest BCUT2D eigenvalue weighted by molar-refractivity contribution is -0.121. The molecule has 9 nitrogen and oxygen atoms in total. The molecule has 0 radical (unpaired) electrons. The molecular formula is C25H27N3O6S. The number of aliphatic hydroxyl groups excluding tert-OH is 1. The van der Waals surface area contributed by atoms with E-state index < -0.39 is 33.7 Å². The predicted molar refractivity (Wildman–Crippen MR) is 132 cm³/mol. The van der Waals surface area contributed by atoms with Gasteiger partial charge >= 0.3 is 0 Å². The number of carbonyl (C=O) groups excluding carboxylic acids is 2. The molecule has 0 unspecified atom stereocenters. The van der Waals surface area contributed by atoms with Gasteiger partial charge in [0.15, 0.2) is 18.2 Å². The summed E-state index contributed by atoms with van der Waals surface area (Å²) >= 11 is 0. The number of hydrogen-bond acceptors (Lipinski definition) is 7. The van der Waals surface area contributed by atoms with Crippen LogP contribution in [0, 0.1) is 5.92 Å². The van der Waals surface area contributed by atoms with E-state index in [1.54, 1.807) is 12.1 Å². The molecule has 2 aliphatic rings. The van der Waals surface area contributed by atoms with Gasteiger partial charge in [0.2, 0.25) is 0 Å². The number of aliphatic hydroxyl groups is 1. The number of amidine groups is 1. The Hall–Kier alpha value is -3.66. The van der Waals surface area contributed by atoms with Crippen molar-refractivity contribution >= 4 is 39.0 Å². The second kappa shape index (κ2) is 8.84. The molecule has 0 fully saturated rings. The first-order chi connectivity index (χ1) is 16.4. The molecule has 1 aliphatic carbocycles. The van der Waals surface area contributed by atoms with Crippen LogP contribution in [-0.4, -0.2) is 37.7 Å². The third-order valence-corrected chi connectivity index (χ3v) is 7.59. The molecule has 4 N–H and O–H groups in total. The molecule has 1 heterocycles. The smallest absolute Gasteiger partial charge is 0.286 e. The van der Waals surface area contributed by atoms with Crippen molar-refractivity contribution in [3.05, 3.63) is 59.2 Å². The minimum Gasteiger partial charge on any atom is -0.506 e. The topological polar surface area (TPSA) is 148 Å². The molecule has 2 aromatic rings. The fraction of sp³-hybridized carbons (Fsp3) is 0.320. The number of Topliss-reactive ketones (excluding diaryl/α,β-unsaturated/α-hetero) is 1. The van der Waals surface area contributed by atoms with Crippen molar-refractivity contribution < 1.29 is 27.9 Å². The molecule has 2 aromatic carbocycles. The van der Waals surface area contributed by atoms with Crippen LogP contribution in [0.1, 0.15) is 44.7 Å². The Labute approximate surface area is 203 Å². The molecule has 0 aromatic heterocycles. The number of ketones is 1. The van der Waals surface area contributed by atoms with Gasteiger partial charge in [0.25, 0.3) is 15.9 Å². The highest BCUT2D eigenvalue weighted by atomic mass is 32.2. The Balaban J connectivity index is 1.80. The maximum absolute atomic E-state index is 13.9. The third-order valence-electron chi connectivity index (χ3n) is 6.28. The highest BCUT2D eigenvalue weighted by Gasteiger charge is 2.46. The van der Waals surface area contributed by atoms with Gasteiger partial charge in [-0.05, 0) is 43.4 Å².